The van der Waals surface area contributed by atoms with Crippen molar-refractivity contribution in [2.24, 2.45) is 5.92 Å². The standard InChI is InChI=1S/C20H31N3O3/c1-3-6-16-7-5-13-23(14-12-16)20(25)21-15-19(24)22-17-8-10-18(11-9-17)26-4-2/h8-11,16H,3-7,12-15H2,1-2H3,(H,21,25)(H,22,24)/t16-/m0/s1. The zero-order valence-electron chi connectivity index (χ0n) is 15.9. The fourth-order valence-corrected chi connectivity index (χ4v) is 3.34. The third-order valence-corrected chi connectivity index (χ3v) is 4.68. The topological polar surface area (TPSA) is 70.7 Å². The monoisotopic (exact) mass is 361 g/mol. The van der Waals surface area contributed by atoms with Gasteiger partial charge in [0.1, 0.15) is 5.75 Å². The summed E-state index contributed by atoms with van der Waals surface area (Å²) in [7, 11) is 0. The van der Waals surface area contributed by atoms with Gasteiger partial charge in [0.15, 0.2) is 0 Å². The molecule has 0 aliphatic carbocycles. The molecule has 2 N–H and O–H groups in total. The fraction of sp³-hybridized carbons (Fsp3) is 0.600. The first-order valence-electron chi connectivity index (χ1n) is 9.67. The molecule has 0 radical (unpaired) electrons. The number of anilines is 1. The van der Waals surface area contributed by atoms with E-state index in [2.05, 4.69) is 17.6 Å². The van der Waals surface area contributed by atoms with Crippen LogP contribution in [0.1, 0.15) is 46.0 Å². The number of nitrogens with zero attached hydrogens (tertiary/aromatic N) is 1. The lowest BCUT2D eigenvalue weighted by molar-refractivity contribution is -0.115. The maximum absolute atomic E-state index is 12.3. The predicted octanol–water partition coefficient (Wildman–Crippen LogP) is 3.64. The minimum absolute atomic E-state index is 0.0269. The molecule has 1 aromatic rings. The molecular weight excluding hydrogens is 330 g/mol. The summed E-state index contributed by atoms with van der Waals surface area (Å²) in [6.45, 7) is 6.25. The highest BCUT2D eigenvalue weighted by molar-refractivity contribution is 5.94. The highest BCUT2D eigenvalue weighted by Crippen LogP contribution is 2.21. The van der Waals surface area contributed by atoms with Gasteiger partial charge in [0.25, 0.3) is 0 Å². The largest absolute Gasteiger partial charge is 0.494 e. The van der Waals surface area contributed by atoms with E-state index in [4.69, 9.17) is 4.74 Å². The summed E-state index contributed by atoms with van der Waals surface area (Å²) in [6.07, 6.45) is 5.72. The molecule has 144 valence electrons. The Kier molecular flexibility index (Phi) is 8.25. The molecule has 0 unspecified atom stereocenters. The zero-order valence-corrected chi connectivity index (χ0v) is 15.9. The first-order valence-corrected chi connectivity index (χ1v) is 9.67. The Morgan fingerprint density at radius 2 is 1.92 bits per heavy atom. The minimum Gasteiger partial charge on any atom is -0.494 e. The molecule has 0 bridgehead atoms. The van der Waals surface area contributed by atoms with Crippen LogP contribution in [-0.2, 0) is 4.79 Å². The number of carbonyl (C=O) groups is 2. The fourth-order valence-electron chi connectivity index (χ4n) is 3.34. The lowest BCUT2D eigenvalue weighted by atomic mass is 9.96. The van der Waals surface area contributed by atoms with Crippen molar-refractivity contribution in [3.05, 3.63) is 24.3 Å². The van der Waals surface area contributed by atoms with Gasteiger partial charge in [0.05, 0.1) is 13.2 Å². The number of likely N-dealkylation sites (tertiary alicyclic amines) is 1. The number of amides is 3. The summed E-state index contributed by atoms with van der Waals surface area (Å²) >= 11 is 0. The molecule has 26 heavy (non-hydrogen) atoms. The lowest BCUT2D eigenvalue weighted by Gasteiger charge is -2.21. The Hall–Kier alpha value is -2.24. The van der Waals surface area contributed by atoms with Gasteiger partial charge in [0.2, 0.25) is 5.91 Å². The number of hydrogen-bond acceptors (Lipinski definition) is 3. The van der Waals surface area contributed by atoms with Crippen molar-refractivity contribution < 1.29 is 14.3 Å². The molecule has 6 heteroatoms. The Morgan fingerprint density at radius 3 is 2.62 bits per heavy atom. The third kappa shape index (κ3) is 6.58. The predicted molar refractivity (Wildman–Crippen MR) is 103 cm³/mol. The van der Waals surface area contributed by atoms with Crippen LogP contribution < -0.4 is 15.4 Å². The van der Waals surface area contributed by atoms with E-state index >= 15 is 0 Å². The minimum atomic E-state index is -0.235. The van der Waals surface area contributed by atoms with Gasteiger partial charge in [0, 0.05) is 18.8 Å². The maximum atomic E-state index is 12.3. The van der Waals surface area contributed by atoms with Gasteiger partial charge >= 0.3 is 6.03 Å². The number of rotatable bonds is 7. The summed E-state index contributed by atoms with van der Waals surface area (Å²) in [5.41, 5.74) is 0.685. The molecule has 1 heterocycles. The first kappa shape index (κ1) is 20.1. The van der Waals surface area contributed by atoms with E-state index in [-0.39, 0.29) is 18.5 Å². The quantitative estimate of drug-likeness (QED) is 0.779. The zero-order chi connectivity index (χ0) is 18.8. The smallest absolute Gasteiger partial charge is 0.317 e. The van der Waals surface area contributed by atoms with E-state index in [0.29, 0.717) is 12.3 Å². The van der Waals surface area contributed by atoms with E-state index in [1.165, 1.54) is 19.3 Å². The first-order chi connectivity index (χ1) is 12.6. The second-order valence-corrected chi connectivity index (χ2v) is 6.74. The molecule has 0 spiro atoms. The van der Waals surface area contributed by atoms with Crippen molar-refractivity contribution in [2.75, 3.05) is 31.6 Å². The number of nitrogens with one attached hydrogen (secondary N) is 2. The summed E-state index contributed by atoms with van der Waals surface area (Å²) < 4.78 is 5.37. The van der Waals surface area contributed by atoms with Crippen LogP contribution in [0.3, 0.4) is 0 Å². The van der Waals surface area contributed by atoms with Crippen LogP contribution in [0, 0.1) is 5.92 Å². The van der Waals surface area contributed by atoms with Gasteiger partial charge in [-0.3, -0.25) is 4.79 Å². The van der Waals surface area contributed by atoms with Crippen LogP contribution in [-0.4, -0.2) is 43.1 Å². The summed E-state index contributed by atoms with van der Waals surface area (Å²) in [6, 6.07) is 7.04. The Labute approximate surface area is 156 Å². The van der Waals surface area contributed by atoms with Gasteiger partial charge in [-0.15, -0.1) is 0 Å². The van der Waals surface area contributed by atoms with Gasteiger partial charge < -0.3 is 20.3 Å². The SMILES string of the molecule is CCC[C@H]1CCCN(C(=O)NCC(=O)Nc2ccc(OCC)cc2)CC1. The van der Waals surface area contributed by atoms with E-state index < -0.39 is 0 Å². The van der Waals surface area contributed by atoms with E-state index in [1.54, 1.807) is 12.1 Å². The van der Waals surface area contributed by atoms with Crippen LogP contribution in [0.5, 0.6) is 5.75 Å². The van der Waals surface area contributed by atoms with Crippen LogP contribution in [0.15, 0.2) is 24.3 Å². The number of ether oxygens (including phenoxy) is 1. The normalized spacial score (nSPS) is 17.3. The Morgan fingerprint density at radius 1 is 1.15 bits per heavy atom. The lowest BCUT2D eigenvalue weighted by Crippen LogP contribution is -2.43. The van der Waals surface area contributed by atoms with Crippen molar-refractivity contribution >= 4 is 17.6 Å². The average molecular weight is 361 g/mol. The molecule has 0 aromatic heterocycles. The maximum Gasteiger partial charge on any atom is 0.317 e. The van der Waals surface area contributed by atoms with E-state index in [0.717, 1.165) is 37.6 Å². The van der Waals surface area contributed by atoms with Crippen LogP contribution >= 0.6 is 0 Å². The molecule has 2 rings (SSSR count). The van der Waals surface area contributed by atoms with Crippen molar-refractivity contribution in [3.8, 4) is 5.75 Å². The molecule has 1 fully saturated rings. The van der Waals surface area contributed by atoms with Crippen LogP contribution in [0.4, 0.5) is 10.5 Å². The molecule has 1 saturated heterocycles. The molecule has 1 aliphatic rings. The summed E-state index contributed by atoms with van der Waals surface area (Å²) in [5.74, 6) is 1.25. The Balaban J connectivity index is 1.73. The summed E-state index contributed by atoms with van der Waals surface area (Å²) in [5, 5.41) is 5.51. The summed E-state index contributed by atoms with van der Waals surface area (Å²) in [4.78, 5) is 26.2. The highest BCUT2D eigenvalue weighted by atomic mass is 16.5. The highest BCUT2D eigenvalue weighted by Gasteiger charge is 2.20. The molecule has 0 saturated carbocycles. The van der Waals surface area contributed by atoms with E-state index in [1.807, 2.05) is 24.0 Å². The second-order valence-electron chi connectivity index (χ2n) is 6.74. The Bertz CT molecular complexity index is 574. The van der Waals surface area contributed by atoms with Gasteiger partial charge in [-0.2, -0.15) is 0 Å². The second kappa shape index (κ2) is 10.7. The molecule has 1 atom stereocenters. The molecule has 6 nitrogen and oxygen atoms in total. The third-order valence-electron chi connectivity index (χ3n) is 4.68. The number of benzene rings is 1. The van der Waals surface area contributed by atoms with Crippen LogP contribution in [0.25, 0.3) is 0 Å². The number of urea groups is 1. The number of hydrogen-bond donors (Lipinski definition) is 2. The van der Waals surface area contributed by atoms with Crippen molar-refractivity contribution in [3.63, 3.8) is 0 Å². The van der Waals surface area contributed by atoms with Crippen molar-refractivity contribution in [1.29, 1.82) is 0 Å². The van der Waals surface area contributed by atoms with Crippen LogP contribution in [0.2, 0.25) is 0 Å². The molecule has 1 aromatic carbocycles. The molecular formula is C20H31N3O3. The van der Waals surface area contributed by atoms with Gasteiger partial charge in [-0.25, -0.2) is 4.79 Å². The van der Waals surface area contributed by atoms with Crippen molar-refractivity contribution in [1.82, 2.24) is 10.2 Å². The van der Waals surface area contributed by atoms with E-state index in [9.17, 15) is 9.59 Å². The number of carbonyl (C=O) groups excluding carboxylic acids is 2. The molecule has 3 amide bonds. The average Bonchev–Trinajstić information content (AvgIpc) is 2.88. The van der Waals surface area contributed by atoms with Crippen molar-refractivity contribution in [2.45, 2.75) is 46.0 Å². The van der Waals surface area contributed by atoms with Gasteiger partial charge in [-0.05, 0) is 56.4 Å². The van der Waals surface area contributed by atoms with Gasteiger partial charge in [-0.1, -0.05) is 19.8 Å². The molecule has 1 aliphatic heterocycles.